The van der Waals surface area contributed by atoms with Gasteiger partial charge in [0, 0.05) is 29.3 Å². The predicted octanol–water partition coefficient (Wildman–Crippen LogP) is 4.75. The lowest BCUT2D eigenvalue weighted by atomic mass is 9.69. The second-order valence-corrected chi connectivity index (χ2v) is 8.16. The van der Waals surface area contributed by atoms with Crippen LogP contribution < -0.4 is 4.74 Å². The van der Waals surface area contributed by atoms with Gasteiger partial charge in [-0.2, -0.15) is 0 Å². The van der Waals surface area contributed by atoms with Gasteiger partial charge in [-0.3, -0.25) is 9.79 Å². The maximum Gasteiger partial charge on any atom is 0.336 e. The Morgan fingerprint density at radius 1 is 1.10 bits per heavy atom. The maximum absolute atomic E-state index is 13.3. The predicted molar refractivity (Wildman–Crippen MR) is 111 cm³/mol. The molecule has 5 heteroatoms. The molecule has 0 saturated heterocycles. The molecule has 1 aromatic rings. The van der Waals surface area contributed by atoms with Crippen LogP contribution in [0, 0.1) is 5.92 Å². The summed E-state index contributed by atoms with van der Waals surface area (Å²) < 4.78 is 11.7. The summed E-state index contributed by atoms with van der Waals surface area (Å²) in [6.45, 7) is 4.32. The van der Waals surface area contributed by atoms with Gasteiger partial charge in [0.2, 0.25) is 0 Å². The smallest absolute Gasteiger partial charge is 0.336 e. The van der Waals surface area contributed by atoms with E-state index in [-0.39, 0.29) is 17.9 Å². The van der Waals surface area contributed by atoms with Gasteiger partial charge in [-0.15, -0.1) is 0 Å². The minimum Gasteiger partial charge on any atom is -0.494 e. The van der Waals surface area contributed by atoms with E-state index in [2.05, 4.69) is 0 Å². The molecule has 0 aromatic heterocycles. The van der Waals surface area contributed by atoms with Crippen molar-refractivity contribution in [1.82, 2.24) is 0 Å². The molecule has 4 rings (SSSR count). The number of allylic oxidation sites excluding steroid dienone is 1. The Morgan fingerprint density at radius 3 is 2.62 bits per heavy atom. The normalized spacial score (nSPS) is 24.9. The SMILES string of the molecule is CCOc1ccccc1[C@H]1C(C(=O)OC2CCCC2)=C(C)N=C2CCCC(=O)C21. The summed E-state index contributed by atoms with van der Waals surface area (Å²) in [6, 6.07) is 7.73. The number of benzene rings is 1. The van der Waals surface area contributed by atoms with Crippen molar-refractivity contribution < 1.29 is 19.1 Å². The molecule has 0 radical (unpaired) electrons. The molecule has 29 heavy (non-hydrogen) atoms. The van der Waals surface area contributed by atoms with Crippen molar-refractivity contribution in [2.45, 2.75) is 70.8 Å². The number of carbonyl (C=O) groups is 2. The number of aliphatic imine (C=N–C) groups is 1. The summed E-state index contributed by atoms with van der Waals surface area (Å²) in [4.78, 5) is 31.0. The Morgan fingerprint density at radius 2 is 1.86 bits per heavy atom. The lowest BCUT2D eigenvalue weighted by molar-refractivity contribution is -0.144. The average Bonchev–Trinajstić information content (AvgIpc) is 3.21. The second-order valence-electron chi connectivity index (χ2n) is 8.16. The van der Waals surface area contributed by atoms with Crippen LogP contribution in [0.15, 0.2) is 40.5 Å². The van der Waals surface area contributed by atoms with Gasteiger partial charge in [-0.1, -0.05) is 18.2 Å². The number of ether oxygens (including phenoxy) is 2. The van der Waals surface area contributed by atoms with Gasteiger partial charge in [0.25, 0.3) is 0 Å². The van der Waals surface area contributed by atoms with E-state index in [1.165, 1.54) is 0 Å². The van der Waals surface area contributed by atoms with Crippen molar-refractivity contribution in [2.75, 3.05) is 6.61 Å². The summed E-state index contributed by atoms with van der Waals surface area (Å²) in [6.07, 6.45) is 6.13. The molecule has 154 valence electrons. The van der Waals surface area contributed by atoms with E-state index in [4.69, 9.17) is 14.5 Å². The number of ketones is 1. The van der Waals surface area contributed by atoms with Crippen LogP contribution in [0.4, 0.5) is 0 Å². The number of rotatable bonds is 5. The van der Waals surface area contributed by atoms with Crippen LogP contribution in [0.2, 0.25) is 0 Å². The average molecular weight is 395 g/mol. The van der Waals surface area contributed by atoms with Crippen LogP contribution in [0.25, 0.3) is 0 Å². The van der Waals surface area contributed by atoms with Gasteiger partial charge >= 0.3 is 5.97 Å². The Hall–Kier alpha value is -2.43. The van der Waals surface area contributed by atoms with Gasteiger partial charge < -0.3 is 9.47 Å². The number of para-hydroxylation sites is 1. The standard InChI is InChI=1S/C24H29NO4/c1-3-28-20-14-7-6-11-17(20)22-21(24(27)29-16-9-4-5-10-16)15(2)25-18-12-8-13-19(26)23(18)22/h6-7,11,14,16,22-23H,3-5,8-10,12-13H2,1-2H3/t22-,23?/m0/s1. The number of Topliss-reactive ketones (excluding diaryl/α,β-unsaturated/α-hetero) is 1. The number of hydrogen-bond donors (Lipinski definition) is 0. The molecular formula is C24H29NO4. The van der Waals surface area contributed by atoms with E-state index >= 15 is 0 Å². The monoisotopic (exact) mass is 395 g/mol. The van der Waals surface area contributed by atoms with Crippen LogP contribution in [0.3, 0.4) is 0 Å². The molecule has 1 unspecified atom stereocenters. The molecular weight excluding hydrogens is 366 g/mol. The highest BCUT2D eigenvalue weighted by molar-refractivity contribution is 6.11. The molecule has 2 fully saturated rings. The Bertz CT molecular complexity index is 863. The summed E-state index contributed by atoms with van der Waals surface area (Å²) in [7, 11) is 0. The fourth-order valence-electron chi connectivity index (χ4n) is 4.97. The second kappa shape index (κ2) is 8.52. The van der Waals surface area contributed by atoms with E-state index in [1.807, 2.05) is 38.1 Å². The summed E-state index contributed by atoms with van der Waals surface area (Å²) >= 11 is 0. The van der Waals surface area contributed by atoms with E-state index in [0.29, 0.717) is 24.3 Å². The fourth-order valence-corrected chi connectivity index (χ4v) is 4.97. The number of carbonyl (C=O) groups excluding carboxylic acids is 2. The maximum atomic E-state index is 13.3. The van der Waals surface area contributed by atoms with Gasteiger partial charge in [0.05, 0.1) is 18.1 Å². The van der Waals surface area contributed by atoms with Crippen LogP contribution in [-0.2, 0) is 14.3 Å². The molecule has 1 heterocycles. The molecule has 2 atom stereocenters. The minimum absolute atomic E-state index is 0.0296. The largest absolute Gasteiger partial charge is 0.494 e. The highest BCUT2D eigenvalue weighted by Crippen LogP contribution is 2.46. The highest BCUT2D eigenvalue weighted by Gasteiger charge is 2.45. The van der Waals surface area contributed by atoms with Crippen molar-refractivity contribution in [3.8, 4) is 5.75 Å². The summed E-state index contributed by atoms with van der Waals surface area (Å²) in [5.74, 6) is -0.248. The molecule has 2 aliphatic carbocycles. The first-order valence-corrected chi connectivity index (χ1v) is 10.8. The van der Waals surface area contributed by atoms with Crippen LogP contribution in [-0.4, -0.2) is 30.2 Å². The molecule has 2 saturated carbocycles. The van der Waals surface area contributed by atoms with E-state index < -0.39 is 11.8 Å². The third-order valence-electron chi connectivity index (χ3n) is 6.26. The zero-order chi connectivity index (χ0) is 20.4. The zero-order valence-electron chi connectivity index (χ0n) is 17.3. The van der Waals surface area contributed by atoms with Gasteiger partial charge in [0.1, 0.15) is 17.6 Å². The lowest BCUT2D eigenvalue weighted by Crippen LogP contribution is -2.39. The first kappa shape index (κ1) is 19.9. The van der Waals surface area contributed by atoms with Gasteiger partial charge in [0.15, 0.2) is 0 Å². The third-order valence-corrected chi connectivity index (χ3v) is 6.26. The molecule has 1 aromatic carbocycles. The highest BCUT2D eigenvalue weighted by atomic mass is 16.5. The molecule has 3 aliphatic rings. The first-order valence-electron chi connectivity index (χ1n) is 10.8. The Kier molecular flexibility index (Phi) is 5.84. The topological polar surface area (TPSA) is 65.0 Å². The van der Waals surface area contributed by atoms with E-state index in [0.717, 1.165) is 55.5 Å². The quantitative estimate of drug-likeness (QED) is 0.675. The van der Waals surface area contributed by atoms with Crippen molar-refractivity contribution in [3.05, 3.63) is 41.1 Å². The minimum atomic E-state index is -0.403. The Labute approximate surface area is 172 Å². The van der Waals surface area contributed by atoms with Crippen LogP contribution in [0.1, 0.15) is 70.3 Å². The zero-order valence-corrected chi connectivity index (χ0v) is 17.3. The number of fused-ring (bicyclic) bond motifs is 1. The fraction of sp³-hybridized carbons (Fsp3) is 0.542. The molecule has 0 spiro atoms. The van der Waals surface area contributed by atoms with Gasteiger partial charge in [-0.25, -0.2) is 4.79 Å². The number of nitrogens with zero attached hydrogens (tertiary/aromatic N) is 1. The van der Waals surface area contributed by atoms with Gasteiger partial charge in [-0.05, 0) is 58.4 Å². The van der Waals surface area contributed by atoms with Crippen molar-refractivity contribution in [1.29, 1.82) is 0 Å². The van der Waals surface area contributed by atoms with Crippen LogP contribution in [0.5, 0.6) is 5.75 Å². The number of esters is 1. The molecule has 1 aliphatic heterocycles. The van der Waals surface area contributed by atoms with Crippen molar-refractivity contribution >= 4 is 17.5 Å². The van der Waals surface area contributed by atoms with E-state index in [9.17, 15) is 9.59 Å². The third kappa shape index (κ3) is 3.87. The van der Waals surface area contributed by atoms with E-state index in [1.54, 1.807) is 0 Å². The van der Waals surface area contributed by atoms with Crippen LogP contribution >= 0.6 is 0 Å². The molecule has 0 N–H and O–H groups in total. The summed E-state index contributed by atoms with van der Waals surface area (Å²) in [5.41, 5.74) is 2.96. The lowest BCUT2D eigenvalue weighted by Gasteiger charge is -2.36. The van der Waals surface area contributed by atoms with Crippen molar-refractivity contribution in [3.63, 3.8) is 0 Å². The molecule has 0 bridgehead atoms. The first-order chi connectivity index (χ1) is 14.1. The number of hydrogen-bond acceptors (Lipinski definition) is 5. The molecule has 5 nitrogen and oxygen atoms in total. The Balaban J connectivity index is 1.79. The van der Waals surface area contributed by atoms with Crippen molar-refractivity contribution in [2.24, 2.45) is 10.9 Å². The summed E-state index contributed by atoms with van der Waals surface area (Å²) in [5, 5.41) is 0. The molecule has 0 amide bonds.